The van der Waals surface area contributed by atoms with Gasteiger partial charge in [0.1, 0.15) is 11.5 Å². The number of methoxy groups -OCH3 is 1. The van der Waals surface area contributed by atoms with Crippen molar-refractivity contribution >= 4 is 11.7 Å². The second kappa shape index (κ2) is 9.57. The summed E-state index contributed by atoms with van der Waals surface area (Å²) in [6.45, 7) is -3.02. The molecule has 0 aliphatic carbocycles. The van der Waals surface area contributed by atoms with Crippen molar-refractivity contribution in [2.45, 2.75) is 13.2 Å². The van der Waals surface area contributed by atoms with Crippen LogP contribution in [0.2, 0.25) is 0 Å². The van der Waals surface area contributed by atoms with Gasteiger partial charge in [0.05, 0.1) is 25.9 Å². The number of aliphatic hydroxyl groups excluding tert-OH is 1. The number of carbonyl (C=O) groups is 1. The molecule has 140 valence electrons. The maximum atomic E-state index is 12.6. The van der Waals surface area contributed by atoms with Crippen LogP contribution < -0.4 is 14.8 Å². The number of benzene rings is 2. The fourth-order valence-corrected chi connectivity index (χ4v) is 2.38. The Labute approximate surface area is 150 Å². The van der Waals surface area contributed by atoms with Gasteiger partial charge in [0.15, 0.2) is 0 Å². The predicted octanol–water partition coefficient (Wildman–Crippen LogP) is 3.32. The van der Waals surface area contributed by atoms with E-state index in [4.69, 9.17) is 4.74 Å². The third-order valence-corrected chi connectivity index (χ3v) is 3.56. The fourth-order valence-electron chi connectivity index (χ4n) is 2.38. The molecule has 2 rings (SSSR count). The van der Waals surface area contributed by atoms with Gasteiger partial charge in [-0.25, -0.2) is 4.79 Å². The number of hydrogen-bond acceptors (Lipinski definition) is 4. The number of carbonyl (C=O) groups excluding carboxylic acids is 1. The molecular formula is C18H20F2N2O4. The lowest BCUT2D eigenvalue weighted by molar-refractivity contribution is -0.0493. The van der Waals surface area contributed by atoms with E-state index in [1.807, 2.05) is 0 Å². The molecule has 0 saturated heterocycles. The van der Waals surface area contributed by atoms with Crippen molar-refractivity contribution in [3.05, 3.63) is 54.1 Å². The monoisotopic (exact) mass is 366 g/mol. The number of aliphatic hydroxyl groups is 1. The molecule has 0 heterocycles. The van der Waals surface area contributed by atoms with E-state index in [2.05, 4.69) is 10.1 Å². The molecule has 0 aromatic heterocycles. The molecule has 0 atom stereocenters. The Balaban J connectivity index is 2.16. The second-order valence-corrected chi connectivity index (χ2v) is 5.26. The standard InChI is InChI=1S/C18H20F2N2O4/c1-25-15-8-4-2-6-13(15)12-22(10-11-23)18(24)21-14-7-3-5-9-16(14)26-17(19)20/h2-9,17,23H,10-12H2,1H3,(H,21,24). The lowest BCUT2D eigenvalue weighted by Crippen LogP contribution is -2.36. The molecule has 0 spiro atoms. The zero-order valence-electron chi connectivity index (χ0n) is 14.2. The number of anilines is 1. The molecule has 0 aliphatic heterocycles. The highest BCUT2D eigenvalue weighted by molar-refractivity contribution is 5.91. The molecule has 0 unspecified atom stereocenters. The Morgan fingerprint density at radius 1 is 1.15 bits per heavy atom. The molecular weight excluding hydrogens is 346 g/mol. The quantitative estimate of drug-likeness (QED) is 0.752. The largest absolute Gasteiger partial charge is 0.496 e. The average Bonchev–Trinajstić information content (AvgIpc) is 2.63. The van der Waals surface area contributed by atoms with E-state index >= 15 is 0 Å². The van der Waals surface area contributed by atoms with Gasteiger partial charge in [0.25, 0.3) is 0 Å². The van der Waals surface area contributed by atoms with Crippen molar-refractivity contribution in [1.82, 2.24) is 4.90 Å². The zero-order valence-corrected chi connectivity index (χ0v) is 14.2. The number of halogens is 2. The van der Waals surface area contributed by atoms with Gasteiger partial charge in [-0.15, -0.1) is 0 Å². The van der Waals surface area contributed by atoms with Crippen molar-refractivity contribution < 1.29 is 28.2 Å². The number of rotatable bonds is 8. The first-order chi connectivity index (χ1) is 12.5. The van der Waals surface area contributed by atoms with Crippen LogP contribution in [0.5, 0.6) is 11.5 Å². The average molecular weight is 366 g/mol. The van der Waals surface area contributed by atoms with E-state index in [-0.39, 0.29) is 31.1 Å². The van der Waals surface area contributed by atoms with Crippen LogP contribution in [0.25, 0.3) is 0 Å². The van der Waals surface area contributed by atoms with E-state index in [0.29, 0.717) is 5.75 Å². The van der Waals surface area contributed by atoms with E-state index in [1.54, 1.807) is 30.3 Å². The molecule has 0 radical (unpaired) electrons. The van der Waals surface area contributed by atoms with Crippen molar-refractivity contribution in [3.8, 4) is 11.5 Å². The number of ether oxygens (including phenoxy) is 2. The highest BCUT2D eigenvalue weighted by Gasteiger charge is 2.18. The number of nitrogens with zero attached hydrogens (tertiary/aromatic N) is 1. The molecule has 2 amide bonds. The number of urea groups is 1. The van der Waals surface area contributed by atoms with Gasteiger partial charge >= 0.3 is 12.6 Å². The van der Waals surface area contributed by atoms with E-state index in [1.165, 1.54) is 30.2 Å². The molecule has 2 aromatic rings. The van der Waals surface area contributed by atoms with Gasteiger partial charge in [-0.3, -0.25) is 0 Å². The molecule has 6 nitrogen and oxygen atoms in total. The Morgan fingerprint density at radius 2 is 1.81 bits per heavy atom. The van der Waals surface area contributed by atoms with Crippen LogP contribution in [0.1, 0.15) is 5.56 Å². The molecule has 8 heteroatoms. The molecule has 0 aliphatic rings. The summed E-state index contributed by atoms with van der Waals surface area (Å²) in [5.41, 5.74) is 0.858. The summed E-state index contributed by atoms with van der Waals surface area (Å²) >= 11 is 0. The van der Waals surface area contributed by atoms with E-state index < -0.39 is 12.6 Å². The van der Waals surface area contributed by atoms with Gasteiger partial charge in [0.2, 0.25) is 0 Å². The lowest BCUT2D eigenvalue weighted by atomic mass is 10.2. The van der Waals surface area contributed by atoms with Crippen LogP contribution >= 0.6 is 0 Å². The number of amides is 2. The topological polar surface area (TPSA) is 71.0 Å². The normalized spacial score (nSPS) is 10.5. The maximum absolute atomic E-state index is 12.6. The van der Waals surface area contributed by atoms with E-state index in [9.17, 15) is 18.7 Å². The van der Waals surface area contributed by atoms with Gasteiger partial charge in [0, 0.05) is 12.1 Å². The summed E-state index contributed by atoms with van der Waals surface area (Å²) in [6, 6.07) is 12.5. The minimum Gasteiger partial charge on any atom is -0.496 e. The SMILES string of the molecule is COc1ccccc1CN(CCO)C(=O)Nc1ccccc1OC(F)F. The second-order valence-electron chi connectivity index (χ2n) is 5.26. The number of nitrogens with one attached hydrogen (secondary N) is 1. The van der Waals surface area contributed by atoms with Crippen LogP contribution in [0.4, 0.5) is 19.3 Å². The van der Waals surface area contributed by atoms with Crippen LogP contribution in [0.3, 0.4) is 0 Å². The molecule has 0 saturated carbocycles. The smallest absolute Gasteiger partial charge is 0.387 e. The van der Waals surface area contributed by atoms with Crippen LogP contribution in [0, 0.1) is 0 Å². The van der Waals surface area contributed by atoms with Gasteiger partial charge in [-0.1, -0.05) is 30.3 Å². The zero-order chi connectivity index (χ0) is 18.9. The fraction of sp³-hybridized carbons (Fsp3) is 0.278. The summed E-state index contributed by atoms with van der Waals surface area (Å²) < 4.78 is 34.7. The number of alkyl halides is 2. The Bertz CT molecular complexity index is 728. The van der Waals surface area contributed by atoms with Crippen LogP contribution in [-0.2, 0) is 6.54 Å². The third kappa shape index (κ3) is 5.32. The molecule has 0 bridgehead atoms. The Hall–Kier alpha value is -2.87. The molecule has 2 N–H and O–H groups in total. The van der Waals surface area contributed by atoms with E-state index in [0.717, 1.165) is 5.56 Å². The minimum absolute atomic E-state index is 0.0573. The summed E-state index contributed by atoms with van der Waals surface area (Å²) in [4.78, 5) is 13.9. The third-order valence-electron chi connectivity index (χ3n) is 3.56. The number of para-hydroxylation sites is 3. The minimum atomic E-state index is -3.00. The Kier molecular flexibility index (Phi) is 7.16. The van der Waals surface area contributed by atoms with Crippen molar-refractivity contribution in [3.63, 3.8) is 0 Å². The van der Waals surface area contributed by atoms with Gasteiger partial charge in [-0.05, 0) is 18.2 Å². The van der Waals surface area contributed by atoms with Crippen molar-refractivity contribution in [2.24, 2.45) is 0 Å². The van der Waals surface area contributed by atoms with Gasteiger partial charge < -0.3 is 24.8 Å². The Morgan fingerprint density at radius 3 is 2.46 bits per heavy atom. The maximum Gasteiger partial charge on any atom is 0.387 e. The van der Waals surface area contributed by atoms with Crippen LogP contribution in [-0.4, -0.2) is 42.9 Å². The molecule has 0 fully saturated rings. The summed E-state index contributed by atoms with van der Waals surface area (Å²) in [5, 5.41) is 11.8. The molecule has 2 aromatic carbocycles. The highest BCUT2D eigenvalue weighted by atomic mass is 19.3. The first-order valence-electron chi connectivity index (χ1n) is 7.87. The van der Waals surface area contributed by atoms with Crippen molar-refractivity contribution in [2.75, 3.05) is 25.6 Å². The summed E-state index contributed by atoms with van der Waals surface area (Å²) in [7, 11) is 1.52. The van der Waals surface area contributed by atoms with Crippen molar-refractivity contribution in [1.29, 1.82) is 0 Å². The van der Waals surface area contributed by atoms with Gasteiger partial charge in [-0.2, -0.15) is 8.78 Å². The first kappa shape index (κ1) is 19.5. The predicted molar refractivity (Wildman–Crippen MR) is 92.6 cm³/mol. The van der Waals surface area contributed by atoms with Crippen LogP contribution in [0.15, 0.2) is 48.5 Å². The lowest BCUT2D eigenvalue weighted by Gasteiger charge is -2.24. The highest BCUT2D eigenvalue weighted by Crippen LogP contribution is 2.26. The molecule has 26 heavy (non-hydrogen) atoms. The summed E-state index contributed by atoms with van der Waals surface area (Å²) in [5.74, 6) is 0.460. The first-order valence-corrected chi connectivity index (χ1v) is 7.87. The summed E-state index contributed by atoms with van der Waals surface area (Å²) in [6.07, 6.45) is 0. The number of hydrogen-bond donors (Lipinski definition) is 2.